The van der Waals surface area contributed by atoms with Crippen molar-refractivity contribution in [2.75, 3.05) is 20.3 Å². The van der Waals surface area contributed by atoms with Gasteiger partial charge in [-0.3, -0.25) is 4.79 Å². The molecule has 1 aliphatic heterocycles. The van der Waals surface area contributed by atoms with Crippen molar-refractivity contribution >= 4 is 11.9 Å². The summed E-state index contributed by atoms with van der Waals surface area (Å²) in [6.07, 6.45) is 1.13. The Hall–Kier alpha value is -1.61. The molecule has 1 amide bonds. The highest BCUT2D eigenvalue weighted by Gasteiger charge is 2.28. The van der Waals surface area contributed by atoms with Crippen molar-refractivity contribution in [3.8, 4) is 6.07 Å². The van der Waals surface area contributed by atoms with Gasteiger partial charge in [0.25, 0.3) is 0 Å². The highest BCUT2D eigenvalue weighted by atomic mass is 16.5. The lowest BCUT2D eigenvalue weighted by atomic mass is 10.1. The molecule has 94 valence electrons. The number of esters is 1. The number of nitriles is 1. The largest absolute Gasteiger partial charge is 0.467 e. The van der Waals surface area contributed by atoms with Crippen LogP contribution in [-0.4, -0.2) is 38.2 Å². The van der Waals surface area contributed by atoms with Gasteiger partial charge in [-0.2, -0.15) is 5.26 Å². The summed E-state index contributed by atoms with van der Waals surface area (Å²) in [7, 11) is 1.26. The number of methoxy groups -OCH3 is 1. The van der Waals surface area contributed by atoms with Gasteiger partial charge < -0.3 is 14.8 Å². The summed E-state index contributed by atoms with van der Waals surface area (Å²) in [4.78, 5) is 23.1. The van der Waals surface area contributed by atoms with Gasteiger partial charge in [-0.1, -0.05) is 0 Å². The Balaban J connectivity index is 2.49. The lowest BCUT2D eigenvalue weighted by Gasteiger charge is -2.17. The summed E-state index contributed by atoms with van der Waals surface area (Å²) in [5, 5.41) is 11.1. The van der Waals surface area contributed by atoms with Crippen molar-refractivity contribution in [3.05, 3.63) is 0 Å². The zero-order valence-corrected chi connectivity index (χ0v) is 9.77. The van der Waals surface area contributed by atoms with Crippen LogP contribution < -0.4 is 5.32 Å². The average Bonchev–Trinajstić information content (AvgIpc) is 2.87. The second-order valence-electron chi connectivity index (χ2n) is 3.84. The summed E-state index contributed by atoms with van der Waals surface area (Å²) >= 11 is 0. The molecule has 1 N–H and O–H groups in total. The SMILES string of the molecule is COC(=O)[C@H](CCC#N)NC(=O)[C@@H]1CCOC1. The zero-order chi connectivity index (χ0) is 12.7. The first-order chi connectivity index (χ1) is 8.19. The number of rotatable bonds is 5. The zero-order valence-electron chi connectivity index (χ0n) is 9.77. The van der Waals surface area contributed by atoms with Gasteiger partial charge in [-0.25, -0.2) is 4.79 Å². The van der Waals surface area contributed by atoms with E-state index in [0.717, 1.165) is 0 Å². The van der Waals surface area contributed by atoms with Gasteiger partial charge >= 0.3 is 5.97 Å². The average molecular weight is 240 g/mol. The van der Waals surface area contributed by atoms with E-state index in [0.29, 0.717) is 19.6 Å². The maximum atomic E-state index is 11.8. The number of ether oxygens (including phenoxy) is 2. The van der Waals surface area contributed by atoms with Gasteiger partial charge in [0.2, 0.25) is 5.91 Å². The van der Waals surface area contributed by atoms with Crippen molar-refractivity contribution in [1.82, 2.24) is 5.32 Å². The minimum atomic E-state index is -0.743. The van der Waals surface area contributed by atoms with Crippen molar-refractivity contribution in [2.45, 2.75) is 25.3 Å². The Morgan fingerprint density at radius 2 is 2.41 bits per heavy atom. The van der Waals surface area contributed by atoms with Crippen LogP contribution in [0, 0.1) is 17.2 Å². The van der Waals surface area contributed by atoms with E-state index >= 15 is 0 Å². The summed E-state index contributed by atoms with van der Waals surface area (Å²) in [6, 6.07) is 1.19. The molecule has 0 saturated carbocycles. The van der Waals surface area contributed by atoms with Crippen molar-refractivity contribution in [1.29, 1.82) is 5.26 Å². The number of carbonyl (C=O) groups is 2. The second kappa shape index (κ2) is 6.86. The number of nitrogens with zero attached hydrogens (tertiary/aromatic N) is 1. The monoisotopic (exact) mass is 240 g/mol. The molecular weight excluding hydrogens is 224 g/mol. The molecule has 1 saturated heterocycles. The molecule has 17 heavy (non-hydrogen) atoms. The molecule has 0 radical (unpaired) electrons. The summed E-state index contributed by atoms with van der Waals surface area (Å²) < 4.78 is 9.68. The van der Waals surface area contributed by atoms with Gasteiger partial charge in [0.05, 0.1) is 25.7 Å². The smallest absolute Gasteiger partial charge is 0.328 e. The number of nitrogens with one attached hydrogen (secondary N) is 1. The predicted octanol–water partition coefficient (Wildman–Crippen LogP) is -0.0155. The van der Waals surface area contributed by atoms with Gasteiger partial charge in [0.15, 0.2) is 0 Å². The third kappa shape index (κ3) is 4.04. The minimum Gasteiger partial charge on any atom is -0.467 e. The van der Waals surface area contributed by atoms with Crippen LogP contribution in [0.1, 0.15) is 19.3 Å². The molecule has 6 heteroatoms. The molecule has 1 rings (SSSR count). The van der Waals surface area contributed by atoms with Gasteiger partial charge in [0.1, 0.15) is 6.04 Å². The van der Waals surface area contributed by atoms with E-state index in [9.17, 15) is 9.59 Å². The van der Waals surface area contributed by atoms with E-state index in [1.165, 1.54) is 7.11 Å². The van der Waals surface area contributed by atoms with Crippen LogP contribution in [0.2, 0.25) is 0 Å². The Kier molecular flexibility index (Phi) is 5.43. The lowest BCUT2D eigenvalue weighted by molar-refractivity contribution is -0.145. The van der Waals surface area contributed by atoms with Crippen LogP contribution in [0.3, 0.4) is 0 Å². The highest BCUT2D eigenvalue weighted by Crippen LogP contribution is 2.13. The molecule has 6 nitrogen and oxygen atoms in total. The Labute approximate surface area is 99.9 Å². The molecule has 0 unspecified atom stereocenters. The highest BCUT2D eigenvalue weighted by molar-refractivity contribution is 5.85. The van der Waals surface area contributed by atoms with Gasteiger partial charge in [-0.15, -0.1) is 0 Å². The quantitative estimate of drug-likeness (QED) is 0.682. The number of carbonyl (C=O) groups excluding carboxylic acids is 2. The van der Waals surface area contributed by atoms with E-state index in [1.807, 2.05) is 6.07 Å². The van der Waals surface area contributed by atoms with Crippen LogP contribution in [0.4, 0.5) is 0 Å². The number of amides is 1. The molecule has 0 aromatic rings. The molecule has 0 aromatic carbocycles. The summed E-state index contributed by atoms with van der Waals surface area (Å²) in [5.74, 6) is -0.937. The Bertz CT molecular complexity index is 318. The van der Waals surface area contributed by atoms with E-state index in [4.69, 9.17) is 10.00 Å². The maximum Gasteiger partial charge on any atom is 0.328 e. The lowest BCUT2D eigenvalue weighted by Crippen LogP contribution is -2.44. The van der Waals surface area contributed by atoms with Crippen molar-refractivity contribution < 1.29 is 19.1 Å². The third-order valence-electron chi connectivity index (χ3n) is 2.65. The van der Waals surface area contributed by atoms with Gasteiger partial charge in [-0.05, 0) is 12.8 Å². The normalized spacial score (nSPS) is 20.4. The van der Waals surface area contributed by atoms with Gasteiger partial charge in [0, 0.05) is 13.0 Å². The third-order valence-corrected chi connectivity index (χ3v) is 2.65. The molecular formula is C11H16N2O4. The molecule has 1 heterocycles. The Morgan fingerprint density at radius 1 is 1.65 bits per heavy atom. The van der Waals surface area contributed by atoms with Crippen LogP contribution in [0.5, 0.6) is 0 Å². The molecule has 1 aliphatic rings. The molecule has 0 aliphatic carbocycles. The molecule has 1 fully saturated rings. The van der Waals surface area contributed by atoms with Crippen LogP contribution in [-0.2, 0) is 19.1 Å². The fourth-order valence-corrected chi connectivity index (χ4v) is 1.63. The van der Waals surface area contributed by atoms with E-state index in [2.05, 4.69) is 10.1 Å². The topological polar surface area (TPSA) is 88.4 Å². The molecule has 0 bridgehead atoms. The standard InChI is InChI=1S/C11H16N2O4/c1-16-11(15)9(3-2-5-12)13-10(14)8-4-6-17-7-8/h8-9H,2-4,6-7H2,1H3,(H,13,14)/t8-,9+/m1/s1. The first kappa shape index (κ1) is 13.5. The molecule has 2 atom stereocenters. The first-order valence-corrected chi connectivity index (χ1v) is 5.52. The summed E-state index contributed by atoms with van der Waals surface area (Å²) in [5.41, 5.74) is 0. The number of hydrogen-bond acceptors (Lipinski definition) is 5. The fraction of sp³-hybridized carbons (Fsp3) is 0.727. The van der Waals surface area contributed by atoms with E-state index < -0.39 is 12.0 Å². The van der Waals surface area contributed by atoms with Crippen LogP contribution in [0.25, 0.3) is 0 Å². The molecule has 0 aromatic heterocycles. The van der Waals surface area contributed by atoms with Crippen LogP contribution in [0.15, 0.2) is 0 Å². The number of hydrogen-bond donors (Lipinski definition) is 1. The van der Waals surface area contributed by atoms with E-state index in [1.54, 1.807) is 0 Å². The predicted molar refractivity (Wildman–Crippen MR) is 57.7 cm³/mol. The Morgan fingerprint density at radius 3 is 2.94 bits per heavy atom. The second-order valence-corrected chi connectivity index (χ2v) is 3.84. The van der Waals surface area contributed by atoms with Crippen LogP contribution >= 0.6 is 0 Å². The van der Waals surface area contributed by atoms with Crippen molar-refractivity contribution in [3.63, 3.8) is 0 Å². The molecule has 0 spiro atoms. The minimum absolute atomic E-state index is 0.196. The summed E-state index contributed by atoms with van der Waals surface area (Å²) in [6.45, 7) is 0.956. The van der Waals surface area contributed by atoms with Crippen molar-refractivity contribution in [2.24, 2.45) is 5.92 Å². The van der Waals surface area contributed by atoms with E-state index in [-0.39, 0.29) is 24.7 Å². The maximum absolute atomic E-state index is 11.8. The fourth-order valence-electron chi connectivity index (χ4n) is 1.63. The first-order valence-electron chi connectivity index (χ1n) is 5.52.